The van der Waals surface area contributed by atoms with Gasteiger partial charge in [0.25, 0.3) is 0 Å². The highest BCUT2D eigenvalue weighted by Crippen LogP contribution is 2.42. The number of aryl methyl sites for hydroxylation is 1. The van der Waals surface area contributed by atoms with Gasteiger partial charge in [-0.1, -0.05) is 0 Å². The lowest BCUT2D eigenvalue weighted by Gasteiger charge is -2.08. The summed E-state index contributed by atoms with van der Waals surface area (Å²) in [5.74, 6) is 1.44. The number of hydrogen-bond acceptors (Lipinski definition) is 4. The van der Waals surface area contributed by atoms with Crippen molar-refractivity contribution in [3.05, 3.63) is 40.8 Å². The lowest BCUT2D eigenvalue weighted by molar-refractivity contribution is 0.755. The zero-order valence-corrected chi connectivity index (χ0v) is 11.0. The zero-order valence-electron chi connectivity index (χ0n) is 11.0. The predicted octanol–water partition coefficient (Wildman–Crippen LogP) is 2.33. The van der Waals surface area contributed by atoms with Gasteiger partial charge in [-0.05, 0) is 37.5 Å². The summed E-state index contributed by atoms with van der Waals surface area (Å²) in [5, 5.41) is 3.38. The molecule has 19 heavy (non-hydrogen) atoms. The van der Waals surface area contributed by atoms with Crippen LogP contribution >= 0.6 is 0 Å². The molecule has 0 atom stereocenters. The van der Waals surface area contributed by atoms with E-state index in [-0.39, 0.29) is 0 Å². The van der Waals surface area contributed by atoms with E-state index in [4.69, 9.17) is 9.97 Å². The molecule has 0 saturated heterocycles. The van der Waals surface area contributed by atoms with Crippen molar-refractivity contribution < 1.29 is 0 Å². The third-order valence-electron chi connectivity index (χ3n) is 3.83. The summed E-state index contributed by atoms with van der Waals surface area (Å²) in [5.41, 5.74) is 5.83. The molecule has 4 heteroatoms. The molecule has 2 aromatic heterocycles. The third-order valence-corrected chi connectivity index (χ3v) is 3.83. The molecule has 96 valence electrons. The van der Waals surface area contributed by atoms with Crippen LogP contribution in [-0.4, -0.2) is 15.0 Å². The van der Waals surface area contributed by atoms with Crippen molar-refractivity contribution in [2.24, 2.45) is 0 Å². The Morgan fingerprint density at radius 3 is 2.89 bits per heavy atom. The van der Waals surface area contributed by atoms with Crippen molar-refractivity contribution in [3.63, 3.8) is 0 Å². The molecule has 1 aliphatic carbocycles. The average molecular weight is 252 g/mol. The van der Waals surface area contributed by atoms with Crippen LogP contribution < -0.4 is 5.32 Å². The van der Waals surface area contributed by atoms with E-state index < -0.39 is 0 Å². The summed E-state index contributed by atoms with van der Waals surface area (Å²) in [7, 11) is 0. The fraction of sp³-hybridized carbons (Fsp3) is 0.400. The number of hydrogen-bond donors (Lipinski definition) is 1. The molecule has 2 aliphatic rings. The maximum Gasteiger partial charge on any atom is 0.178 e. The molecular weight excluding hydrogens is 236 g/mol. The lowest BCUT2D eigenvalue weighted by atomic mass is 10.1. The molecule has 0 bridgehead atoms. The molecular formula is C15H16N4. The van der Waals surface area contributed by atoms with Gasteiger partial charge in [0, 0.05) is 30.8 Å². The van der Waals surface area contributed by atoms with Crippen LogP contribution in [0.25, 0.3) is 11.5 Å². The van der Waals surface area contributed by atoms with E-state index in [1.807, 2.05) is 12.3 Å². The van der Waals surface area contributed by atoms with Gasteiger partial charge in [0.1, 0.15) is 5.69 Å². The number of pyridine rings is 1. The maximum atomic E-state index is 4.80. The van der Waals surface area contributed by atoms with E-state index in [1.165, 1.54) is 29.7 Å². The van der Waals surface area contributed by atoms with E-state index in [1.54, 1.807) is 0 Å². The molecule has 4 nitrogen and oxygen atoms in total. The first kappa shape index (κ1) is 11.1. The predicted molar refractivity (Wildman–Crippen MR) is 72.5 cm³/mol. The highest BCUT2D eigenvalue weighted by molar-refractivity contribution is 5.52. The van der Waals surface area contributed by atoms with Crippen LogP contribution in [0.3, 0.4) is 0 Å². The molecule has 0 spiro atoms. The first-order chi connectivity index (χ1) is 9.31. The molecule has 1 fully saturated rings. The molecule has 0 aromatic carbocycles. The van der Waals surface area contributed by atoms with Gasteiger partial charge in [0.05, 0.1) is 11.4 Å². The minimum Gasteiger partial charge on any atom is -0.307 e. The smallest absolute Gasteiger partial charge is 0.178 e. The number of nitrogens with one attached hydrogen (secondary N) is 1. The topological polar surface area (TPSA) is 50.7 Å². The normalized spacial score (nSPS) is 17.5. The van der Waals surface area contributed by atoms with Crippen LogP contribution in [0.2, 0.25) is 0 Å². The third kappa shape index (κ3) is 1.92. The minimum absolute atomic E-state index is 0.653. The van der Waals surface area contributed by atoms with Gasteiger partial charge in [0.15, 0.2) is 5.82 Å². The molecule has 3 heterocycles. The van der Waals surface area contributed by atoms with Crippen molar-refractivity contribution in [3.8, 4) is 11.5 Å². The molecule has 0 amide bonds. The van der Waals surface area contributed by atoms with Crippen LogP contribution in [0, 0.1) is 6.92 Å². The van der Waals surface area contributed by atoms with Gasteiger partial charge in [-0.25, -0.2) is 9.97 Å². The second-order valence-electron chi connectivity index (χ2n) is 5.45. The van der Waals surface area contributed by atoms with Crippen molar-refractivity contribution in [1.82, 2.24) is 20.3 Å². The fourth-order valence-corrected chi connectivity index (χ4v) is 2.66. The lowest BCUT2D eigenvalue weighted by Crippen LogP contribution is -2.03. The minimum atomic E-state index is 0.653. The Morgan fingerprint density at radius 1 is 1.21 bits per heavy atom. The molecule has 2 aromatic rings. The second kappa shape index (κ2) is 4.10. The highest BCUT2D eigenvalue weighted by atomic mass is 15.0. The molecule has 1 saturated carbocycles. The number of aromatic nitrogens is 3. The van der Waals surface area contributed by atoms with Crippen LogP contribution in [0.1, 0.15) is 41.3 Å². The van der Waals surface area contributed by atoms with Gasteiger partial charge in [-0.2, -0.15) is 0 Å². The molecule has 1 aliphatic heterocycles. The fourth-order valence-electron chi connectivity index (χ4n) is 2.66. The summed E-state index contributed by atoms with van der Waals surface area (Å²) in [6.07, 6.45) is 4.37. The van der Waals surface area contributed by atoms with Gasteiger partial charge < -0.3 is 5.32 Å². The Balaban J connectivity index is 1.87. The quantitative estimate of drug-likeness (QED) is 0.891. The van der Waals surface area contributed by atoms with Crippen LogP contribution in [0.5, 0.6) is 0 Å². The van der Waals surface area contributed by atoms with Gasteiger partial charge in [-0.15, -0.1) is 0 Å². The Morgan fingerprint density at radius 2 is 2.11 bits per heavy atom. The molecule has 1 N–H and O–H groups in total. The summed E-state index contributed by atoms with van der Waals surface area (Å²) in [6, 6.07) is 4.06. The summed E-state index contributed by atoms with van der Waals surface area (Å²) in [4.78, 5) is 13.9. The van der Waals surface area contributed by atoms with E-state index in [2.05, 4.69) is 23.3 Å². The second-order valence-corrected chi connectivity index (χ2v) is 5.45. The summed E-state index contributed by atoms with van der Waals surface area (Å²) < 4.78 is 0. The monoisotopic (exact) mass is 252 g/mol. The molecule has 0 radical (unpaired) electrons. The Hall–Kier alpha value is -1.81. The Labute approximate surface area is 112 Å². The number of fused-ring (bicyclic) bond motifs is 1. The van der Waals surface area contributed by atoms with Gasteiger partial charge in [-0.3, -0.25) is 4.98 Å². The first-order valence-corrected chi connectivity index (χ1v) is 6.84. The van der Waals surface area contributed by atoms with E-state index in [0.29, 0.717) is 5.92 Å². The number of rotatable bonds is 2. The SMILES string of the molecule is Cc1ccnc(-c2nc3c(c(C4CC4)n2)CNC3)c1. The van der Waals surface area contributed by atoms with E-state index in [9.17, 15) is 0 Å². The largest absolute Gasteiger partial charge is 0.307 e. The van der Waals surface area contributed by atoms with Crippen molar-refractivity contribution in [1.29, 1.82) is 0 Å². The molecule has 4 rings (SSSR count). The van der Waals surface area contributed by atoms with Crippen LogP contribution in [-0.2, 0) is 13.1 Å². The molecule has 0 unspecified atom stereocenters. The van der Waals surface area contributed by atoms with Crippen molar-refractivity contribution >= 4 is 0 Å². The highest BCUT2D eigenvalue weighted by Gasteiger charge is 2.31. The van der Waals surface area contributed by atoms with Crippen LogP contribution in [0.15, 0.2) is 18.3 Å². The number of nitrogens with zero attached hydrogens (tertiary/aromatic N) is 3. The van der Waals surface area contributed by atoms with Gasteiger partial charge in [0.2, 0.25) is 0 Å². The summed E-state index contributed by atoms with van der Waals surface area (Å²) in [6.45, 7) is 3.85. The summed E-state index contributed by atoms with van der Waals surface area (Å²) >= 11 is 0. The first-order valence-electron chi connectivity index (χ1n) is 6.84. The average Bonchev–Trinajstić information content (AvgIpc) is 3.15. The zero-order chi connectivity index (χ0) is 12.8. The van der Waals surface area contributed by atoms with Gasteiger partial charge >= 0.3 is 0 Å². The van der Waals surface area contributed by atoms with Crippen molar-refractivity contribution in [2.45, 2.75) is 38.8 Å². The van der Waals surface area contributed by atoms with E-state index >= 15 is 0 Å². The Kier molecular flexibility index (Phi) is 2.38. The van der Waals surface area contributed by atoms with Crippen LogP contribution in [0.4, 0.5) is 0 Å². The Bertz CT molecular complexity index is 647. The standard InChI is InChI=1S/C15H16N4/c1-9-4-5-17-12(6-9)15-18-13-8-16-7-11(13)14(19-15)10-2-3-10/h4-6,10,16H,2-3,7-8H2,1H3. The maximum absolute atomic E-state index is 4.80. The van der Waals surface area contributed by atoms with E-state index in [0.717, 1.165) is 30.3 Å². The van der Waals surface area contributed by atoms with Crippen molar-refractivity contribution in [2.75, 3.05) is 0 Å².